The third-order valence-electron chi connectivity index (χ3n) is 3.90. The quantitative estimate of drug-likeness (QED) is 0.810. The Balaban J connectivity index is 1.62. The summed E-state index contributed by atoms with van der Waals surface area (Å²) in [4.78, 5) is 16.5. The summed E-state index contributed by atoms with van der Waals surface area (Å²) in [6.45, 7) is 2.93. The first-order valence-electron chi connectivity index (χ1n) is 7.24. The molecule has 1 fully saturated rings. The first kappa shape index (κ1) is 13.0. The van der Waals surface area contributed by atoms with E-state index >= 15 is 0 Å². The van der Waals surface area contributed by atoms with E-state index in [1.807, 2.05) is 22.9 Å². The van der Waals surface area contributed by atoms with Crippen molar-refractivity contribution in [3.63, 3.8) is 0 Å². The molecule has 1 aliphatic rings. The van der Waals surface area contributed by atoms with Crippen LogP contribution in [0, 0.1) is 5.92 Å². The predicted molar refractivity (Wildman–Crippen MR) is 76.3 cm³/mol. The first-order chi connectivity index (χ1) is 9.79. The van der Waals surface area contributed by atoms with Crippen LogP contribution in [0.4, 0.5) is 0 Å². The molecule has 0 aliphatic heterocycles. The molecule has 0 N–H and O–H groups in total. The van der Waals surface area contributed by atoms with Gasteiger partial charge in [0.1, 0.15) is 17.9 Å². The van der Waals surface area contributed by atoms with Gasteiger partial charge in [-0.3, -0.25) is 4.79 Å². The molecule has 1 saturated carbocycles. The molecule has 3 rings (SSSR count). The van der Waals surface area contributed by atoms with E-state index in [-0.39, 0.29) is 5.92 Å². The second kappa shape index (κ2) is 5.57. The van der Waals surface area contributed by atoms with Crippen LogP contribution >= 0.6 is 0 Å². The molecule has 0 radical (unpaired) electrons. The third kappa shape index (κ3) is 2.64. The molecule has 104 valence electrons. The van der Waals surface area contributed by atoms with Crippen molar-refractivity contribution in [2.24, 2.45) is 5.92 Å². The molecule has 1 aliphatic carbocycles. The van der Waals surface area contributed by atoms with Gasteiger partial charge in [0.05, 0.1) is 6.42 Å². The SMILES string of the molecule is CCCn1ncnc1CC(=O)C1CC1c1ccccc1. The monoisotopic (exact) mass is 269 g/mol. The number of rotatable bonds is 6. The summed E-state index contributed by atoms with van der Waals surface area (Å²) in [5.41, 5.74) is 1.28. The number of nitrogens with zero attached hydrogens (tertiary/aromatic N) is 3. The van der Waals surface area contributed by atoms with Crippen LogP contribution in [0.5, 0.6) is 0 Å². The second-order valence-electron chi connectivity index (χ2n) is 5.40. The van der Waals surface area contributed by atoms with Crippen molar-refractivity contribution in [1.82, 2.24) is 14.8 Å². The van der Waals surface area contributed by atoms with Crippen LogP contribution < -0.4 is 0 Å². The molecule has 1 aromatic carbocycles. The lowest BCUT2D eigenvalue weighted by atomic mass is 10.1. The van der Waals surface area contributed by atoms with Gasteiger partial charge in [0, 0.05) is 12.5 Å². The minimum atomic E-state index is 0.171. The van der Waals surface area contributed by atoms with Crippen LogP contribution in [0.2, 0.25) is 0 Å². The average Bonchev–Trinajstić information content (AvgIpc) is 3.17. The number of hydrogen-bond donors (Lipinski definition) is 0. The van der Waals surface area contributed by atoms with Gasteiger partial charge in [-0.1, -0.05) is 37.3 Å². The number of Topliss-reactive ketones (excluding diaryl/α,β-unsaturated/α-hetero) is 1. The summed E-state index contributed by atoms with van der Waals surface area (Å²) in [5, 5.41) is 4.17. The Kier molecular flexibility index (Phi) is 3.63. The zero-order valence-electron chi connectivity index (χ0n) is 11.7. The lowest BCUT2D eigenvalue weighted by Crippen LogP contribution is -2.13. The van der Waals surface area contributed by atoms with Gasteiger partial charge in [-0.05, 0) is 24.3 Å². The minimum absolute atomic E-state index is 0.171. The normalized spacial score (nSPS) is 20.9. The molecule has 20 heavy (non-hydrogen) atoms. The van der Waals surface area contributed by atoms with E-state index in [9.17, 15) is 4.79 Å². The molecule has 4 nitrogen and oxygen atoms in total. The van der Waals surface area contributed by atoms with Gasteiger partial charge in [0.2, 0.25) is 0 Å². The Morgan fingerprint density at radius 1 is 1.35 bits per heavy atom. The highest BCUT2D eigenvalue weighted by Crippen LogP contribution is 2.48. The van der Waals surface area contributed by atoms with Crippen molar-refractivity contribution >= 4 is 5.78 Å². The van der Waals surface area contributed by atoms with Crippen LogP contribution in [-0.2, 0) is 17.8 Å². The highest BCUT2D eigenvalue weighted by Gasteiger charge is 2.43. The van der Waals surface area contributed by atoms with Crippen molar-refractivity contribution in [3.8, 4) is 0 Å². The standard InChI is InChI=1S/C16H19N3O/c1-2-8-19-16(17-11-18-19)10-15(20)14-9-13(14)12-6-4-3-5-7-12/h3-7,11,13-14H,2,8-10H2,1H3. The molecular formula is C16H19N3O. The molecule has 2 unspecified atom stereocenters. The molecule has 4 heteroatoms. The van der Waals surface area contributed by atoms with E-state index in [2.05, 4.69) is 29.1 Å². The topological polar surface area (TPSA) is 47.8 Å². The summed E-state index contributed by atoms with van der Waals surface area (Å²) < 4.78 is 1.85. The molecule has 2 aromatic rings. The number of aromatic nitrogens is 3. The van der Waals surface area contributed by atoms with Gasteiger partial charge >= 0.3 is 0 Å². The van der Waals surface area contributed by atoms with Gasteiger partial charge in [-0.15, -0.1) is 0 Å². The molecule has 0 spiro atoms. The van der Waals surface area contributed by atoms with E-state index in [0.717, 1.165) is 25.2 Å². The predicted octanol–water partition coefficient (Wildman–Crippen LogP) is 2.60. The smallest absolute Gasteiger partial charge is 0.144 e. The number of benzene rings is 1. The number of ketones is 1. The van der Waals surface area contributed by atoms with E-state index < -0.39 is 0 Å². The minimum Gasteiger partial charge on any atom is -0.299 e. The average molecular weight is 269 g/mol. The Morgan fingerprint density at radius 3 is 2.90 bits per heavy atom. The fourth-order valence-electron chi connectivity index (χ4n) is 2.73. The molecule has 0 saturated heterocycles. The fraction of sp³-hybridized carbons (Fsp3) is 0.438. The van der Waals surface area contributed by atoms with Crippen molar-refractivity contribution in [3.05, 3.63) is 48.0 Å². The number of carbonyl (C=O) groups excluding carboxylic acids is 1. The van der Waals surface area contributed by atoms with Gasteiger partial charge in [0.25, 0.3) is 0 Å². The zero-order chi connectivity index (χ0) is 13.9. The zero-order valence-corrected chi connectivity index (χ0v) is 11.7. The first-order valence-corrected chi connectivity index (χ1v) is 7.24. The van der Waals surface area contributed by atoms with Gasteiger partial charge in [0.15, 0.2) is 0 Å². The van der Waals surface area contributed by atoms with Crippen LogP contribution in [0.3, 0.4) is 0 Å². The number of carbonyl (C=O) groups is 1. The molecule has 0 bridgehead atoms. The van der Waals surface area contributed by atoms with Crippen molar-refractivity contribution in [2.45, 2.75) is 38.6 Å². The molecule has 0 amide bonds. The fourth-order valence-corrected chi connectivity index (χ4v) is 2.73. The van der Waals surface area contributed by atoms with E-state index in [0.29, 0.717) is 18.1 Å². The lowest BCUT2D eigenvalue weighted by molar-refractivity contribution is -0.119. The third-order valence-corrected chi connectivity index (χ3v) is 3.90. The highest BCUT2D eigenvalue weighted by molar-refractivity contribution is 5.86. The second-order valence-corrected chi connectivity index (χ2v) is 5.40. The summed E-state index contributed by atoms with van der Waals surface area (Å²) in [7, 11) is 0. The lowest BCUT2D eigenvalue weighted by Gasteiger charge is -2.04. The van der Waals surface area contributed by atoms with Gasteiger partial charge in [-0.2, -0.15) is 5.10 Å². The maximum atomic E-state index is 12.3. The maximum absolute atomic E-state index is 12.3. The largest absolute Gasteiger partial charge is 0.299 e. The van der Waals surface area contributed by atoms with Crippen molar-refractivity contribution in [1.29, 1.82) is 0 Å². The Bertz CT molecular complexity index is 591. The van der Waals surface area contributed by atoms with E-state index in [4.69, 9.17) is 0 Å². The van der Waals surface area contributed by atoms with Crippen LogP contribution in [0.1, 0.15) is 37.1 Å². The molecular weight excluding hydrogens is 250 g/mol. The van der Waals surface area contributed by atoms with Gasteiger partial charge < -0.3 is 0 Å². The van der Waals surface area contributed by atoms with E-state index in [1.165, 1.54) is 5.56 Å². The summed E-state index contributed by atoms with van der Waals surface area (Å²) in [6, 6.07) is 10.3. The Labute approximate surface area is 118 Å². The van der Waals surface area contributed by atoms with Crippen molar-refractivity contribution < 1.29 is 4.79 Å². The molecule has 2 atom stereocenters. The summed E-state index contributed by atoms with van der Waals surface area (Å²) >= 11 is 0. The highest BCUT2D eigenvalue weighted by atomic mass is 16.1. The van der Waals surface area contributed by atoms with Crippen LogP contribution in [0.25, 0.3) is 0 Å². The Hall–Kier alpha value is -1.97. The number of aryl methyl sites for hydroxylation is 1. The maximum Gasteiger partial charge on any atom is 0.144 e. The molecule has 1 heterocycles. The summed E-state index contributed by atoms with van der Waals surface area (Å²) in [5.74, 6) is 1.68. The molecule has 1 aromatic heterocycles. The van der Waals surface area contributed by atoms with Crippen LogP contribution in [-0.4, -0.2) is 20.5 Å². The Morgan fingerprint density at radius 2 is 2.15 bits per heavy atom. The van der Waals surface area contributed by atoms with Gasteiger partial charge in [-0.25, -0.2) is 9.67 Å². The number of hydrogen-bond acceptors (Lipinski definition) is 3. The summed E-state index contributed by atoms with van der Waals surface area (Å²) in [6.07, 6.45) is 3.93. The van der Waals surface area contributed by atoms with E-state index in [1.54, 1.807) is 6.33 Å². The van der Waals surface area contributed by atoms with Crippen LogP contribution in [0.15, 0.2) is 36.7 Å². The van der Waals surface area contributed by atoms with Crippen molar-refractivity contribution in [2.75, 3.05) is 0 Å².